The first-order valence-electron chi connectivity index (χ1n) is 3.79. The van der Waals surface area contributed by atoms with Gasteiger partial charge in [0.15, 0.2) is 0 Å². The quantitative estimate of drug-likeness (QED) is 0.628. The average molecular weight is 149 g/mol. The molecule has 1 aromatic rings. The average Bonchev–Trinajstić information content (AvgIpc) is 1.98. The van der Waals surface area contributed by atoms with Crippen molar-refractivity contribution in [3.8, 4) is 5.75 Å². The molecule has 11 heavy (non-hydrogen) atoms. The van der Waals surface area contributed by atoms with Gasteiger partial charge >= 0.3 is 0 Å². The highest BCUT2D eigenvalue weighted by Gasteiger charge is 1.94. The van der Waals surface area contributed by atoms with Crippen molar-refractivity contribution in [1.29, 1.82) is 0 Å². The molecule has 0 amide bonds. The third-order valence-corrected chi connectivity index (χ3v) is 1.63. The van der Waals surface area contributed by atoms with E-state index in [1.54, 1.807) is 0 Å². The third kappa shape index (κ3) is 1.97. The lowest BCUT2D eigenvalue weighted by molar-refractivity contribution is 0.340. The molecule has 0 aliphatic heterocycles. The Labute approximate surface area is 68.0 Å². The van der Waals surface area contributed by atoms with Crippen LogP contribution in [0.5, 0.6) is 5.75 Å². The van der Waals surface area contributed by atoms with Gasteiger partial charge in [-0.25, -0.2) is 0 Å². The molecule has 0 heterocycles. The highest BCUT2D eigenvalue weighted by molar-refractivity contribution is 5.36. The summed E-state index contributed by atoms with van der Waals surface area (Å²) in [6.07, 6.45) is 0. The highest BCUT2D eigenvalue weighted by Crippen LogP contribution is 2.15. The standard InChI is InChI=1S/C10H13O/c1-4-11-10-6-5-8(2)9(3)7-10/h5-7H,3-4H2,1-2H3. The highest BCUT2D eigenvalue weighted by atomic mass is 16.5. The van der Waals surface area contributed by atoms with Gasteiger partial charge in [-0.15, -0.1) is 0 Å². The van der Waals surface area contributed by atoms with Crippen LogP contribution in [-0.2, 0) is 0 Å². The Bertz CT molecular complexity index is 241. The zero-order valence-corrected chi connectivity index (χ0v) is 7.05. The number of benzene rings is 1. The Hall–Kier alpha value is -0.980. The molecule has 0 saturated carbocycles. The van der Waals surface area contributed by atoms with Crippen LogP contribution in [0, 0.1) is 13.8 Å². The van der Waals surface area contributed by atoms with Crippen molar-refractivity contribution in [2.24, 2.45) is 0 Å². The monoisotopic (exact) mass is 149 g/mol. The van der Waals surface area contributed by atoms with E-state index in [0.29, 0.717) is 6.61 Å². The van der Waals surface area contributed by atoms with Crippen molar-refractivity contribution in [2.45, 2.75) is 13.8 Å². The fourth-order valence-corrected chi connectivity index (χ4v) is 0.904. The van der Waals surface area contributed by atoms with Crippen LogP contribution in [-0.4, -0.2) is 6.61 Å². The van der Waals surface area contributed by atoms with Crippen LogP contribution in [0.2, 0.25) is 0 Å². The first kappa shape index (κ1) is 8.12. The predicted molar refractivity (Wildman–Crippen MR) is 46.8 cm³/mol. The van der Waals surface area contributed by atoms with E-state index < -0.39 is 0 Å². The second kappa shape index (κ2) is 3.42. The zero-order valence-electron chi connectivity index (χ0n) is 7.05. The molecule has 0 atom stereocenters. The molecule has 0 aliphatic rings. The van der Waals surface area contributed by atoms with Gasteiger partial charge in [0.25, 0.3) is 0 Å². The summed E-state index contributed by atoms with van der Waals surface area (Å²) in [5.74, 6) is 0.906. The summed E-state index contributed by atoms with van der Waals surface area (Å²) in [4.78, 5) is 0. The molecule has 1 heteroatoms. The van der Waals surface area contributed by atoms with Gasteiger partial charge in [0, 0.05) is 0 Å². The summed E-state index contributed by atoms with van der Waals surface area (Å²) in [5.41, 5.74) is 2.24. The SMILES string of the molecule is [CH2]c1cc(OCC)ccc1C. The maximum absolute atomic E-state index is 5.30. The second-order valence-corrected chi connectivity index (χ2v) is 2.52. The molecule has 0 bridgehead atoms. The number of aryl methyl sites for hydroxylation is 1. The van der Waals surface area contributed by atoms with Gasteiger partial charge < -0.3 is 4.74 Å². The smallest absolute Gasteiger partial charge is 0.119 e. The maximum atomic E-state index is 5.30. The van der Waals surface area contributed by atoms with Gasteiger partial charge in [-0.05, 0) is 44.0 Å². The van der Waals surface area contributed by atoms with E-state index in [1.807, 2.05) is 32.0 Å². The molecule has 0 fully saturated rings. The minimum atomic E-state index is 0.711. The molecule has 0 unspecified atom stereocenters. The Kier molecular flexibility index (Phi) is 2.53. The largest absolute Gasteiger partial charge is 0.494 e. The Morgan fingerprint density at radius 2 is 2.18 bits per heavy atom. The molecule has 0 saturated heterocycles. The summed E-state index contributed by atoms with van der Waals surface area (Å²) in [5, 5.41) is 0. The van der Waals surface area contributed by atoms with E-state index in [-0.39, 0.29) is 0 Å². The fraction of sp³-hybridized carbons (Fsp3) is 0.300. The van der Waals surface area contributed by atoms with Crippen LogP contribution in [0.3, 0.4) is 0 Å². The fourth-order valence-electron chi connectivity index (χ4n) is 0.904. The maximum Gasteiger partial charge on any atom is 0.119 e. The summed E-state index contributed by atoms with van der Waals surface area (Å²) in [6.45, 7) is 8.61. The normalized spacial score (nSPS) is 9.73. The Balaban J connectivity index is 2.86. The van der Waals surface area contributed by atoms with E-state index in [4.69, 9.17) is 4.74 Å². The topological polar surface area (TPSA) is 9.23 Å². The second-order valence-electron chi connectivity index (χ2n) is 2.52. The van der Waals surface area contributed by atoms with Crippen LogP contribution in [0.1, 0.15) is 18.1 Å². The van der Waals surface area contributed by atoms with Gasteiger partial charge in [-0.3, -0.25) is 0 Å². The molecule has 0 aliphatic carbocycles. The predicted octanol–water partition coefficient (Wildman–Crippen LogP) is 2.58. The zero-order chi connectivity index (χ0) is 8.27. The molecule has 1 aromatic carbocycles. The molecular weight excluding hydrogens is 136 g/mol. The molecule has 0 aromatic heterocycles. The van der Waals surface area contributed by atoms with E-state index >= 15 is 0 Å². The van der Waals surface area contributed by atoms with Gasteiger partial charge in [-0.2, -0.15) is 0 Å². The van der Waals surface area contributed by atoms with Crippen molar-refractivity contribution in [3.05, 3.63) is 36.2 Å². The number of ether oxygens (including phenoxy) is 1. The summed E-state index contributed by atoms with van der Waals surface area (Å²) < 4.78 is 5.30. The molecular formula is C10H13O. The number of rotatable bonds is 2. The van der Waals surface area contributed by atoms with Crippen molar-refractivity contribution in [3.63, 3.8) is 0 Å². The molecule has 0 spiro atoms. The van der Waals surface area contributed by atoms with Crippen LogP contribution in [0.15, 0.2) is 18.2 Å². The molecule has 1 nitrogen and oxygen atoms in total. The Morgan fingerprint density at radius 3 is 2.73 bits per heavy atom. The van der Waals surface area contributed by atoms with Crippen LogP contribution < -0.4 is 4.74 Å². The van der Waals surface area contributed by atoms with Crippen LogP contribution in [0.4, 0.5) is 0 Å². The van der Waals surface area contributed by atoms with Crippen LogP contribution >= 0.6 is 0 Å². The van der Waals surface area contributed by atoms with Gasteiger partial charge in [0.05, 0.1) is 6.61 Å². The van der Waals surface area contributed by atoms with Crippen LogP contribution in [0.25, 0.3) is 0 Å². The molecule has 59 valence electrons. The van der Waals surface area contributed by atoms with Gasteiger partial charge in [0.1, 0.15) is 5.75 Å². The van der Waals surface area contributed by atoms with Crippen molar-refractivity contribution in [2.75, 3.05) is 6.61 Å². The minimum Gasteiger partial charge on any atom is -0.494 e. The van der Waals surface area contributed by atoms with Gasteiger partial charge in [-0.1, -0.05) is 6.07 Å². The first-order valence-corrected chi connectivity index (χ1v) is 3.79. The van der Waals surface area contributed by atoms with E-state index in [1.165, 1.54) is 5.56 Å². The lowest BCUT2D eigenvalue weighted by Crippen LogP contribution is -1.92. The third-order valence-electron chi connectivity index (χ3n) is 1.63. The van der Waals surface area contributed by atoms with E-state index in [2.05, 4.69) is 6.92 Å². The van der Waals surface area contributed by atoms with Crippen molar-refractivity contribution >= 4 is 0 Å². The molecule has 1 rings (SSSR count). The number of hydrogen-bond donors (Lipinski definition) is 0. The van der Waals surface area contributed by atoms with Crippen molar-refractivity contribution < 1.29 is 4.74 Å². The first-order chi connectivity index (χ1) is 5.24. The van der Waals surface area contributed by atoms with E-state index in [9.17, 15) is 0 Å². The number of hydrogen-bond acceptors (Lipinski definition) is 1. The Morgan fingerprint density at radius 1 is 1.45 bits per heavy atom. The summed E-state index contributed by atoms with van der Waals surface area (Å²) in [6, 6.07) is 5.94. The van der Waals surface area contributed by atoms with E-state index in [0.717, 1.165) is 11.3 Å². The lowest BCUT2D eigenvalue weighted by Gasteiger charge is -2.04. The lowest BCUT2D eigenvalue weighted by atomic mass is 10.1. The summed E-state index contributed by atoms with van der Waals surface area (Å²) >= 11 is 0. The van der Waals surface area contributed by atoms with Crippen molar-refractivity contribution in [1.82, 2.24) is 0 Å². The summed E-state index contributed by atoms with van der Waals surface area (Å²) in [7, 11) is 0. The molecule has 0 N–H and O–H groups in total. The minimum absolute atomic E-state index is 0.711. The van der Waals surface area contributed by atoms with Gasteiger partial charge in [0.2, 0.25) is 0 Å². The molecule has 1 radical (unpaired) electrons.